The summed E-state index contributed by atoms with van der Waals surface area (Å²) in [5.41, 5.74) is 2.65. The maximum absolute atomic E-state index is 4.61. The number of nitrogens with one attached hydrogen (secondary N) is 1. The van der Waals surface area contributed by atoms with E-state index in [-0.39, 0.29) is 0 Å². The largest absolute Gasteiger partial charge is 0.319 e. The van der Waals surface area contributed by atoms with E-state index in [0.29, 0.717) is 0 Å². The molecule has 0 aromatic carbocycles. The van der Waals surface area contributed by atoms with Gasteiger partial charge in [-0.2, -0.15) is 5.10 Å². The van der Waals surface area contributed by atoms with E-state index >= 15 is 0 Å². The molecule has 1 saturated carbocycles. The molecule has 0 amide bonds. The smallest absolute Gasteiger partial charge is 0.0624 e. The summed E-state index contributed by atoms with van der Waals surface area (Å²) in [4.78, 5) is 0. The molecular weight excluding hydrogens is 246 g/mol. The van der Waals surface area contributed by atoms with E-state index in [1.165, 1.54) is 50.0 Å². The topological polar surface area (TPSA) is 29.9 Å². The second-order valence-electron chi connectivity index (χ2n) is 6.47. The molecule has 3 heteroatoms. The predicted octanol–water partition coefficient (Wildman–Crippen LogP) is 3.19. The van der Waals surface area contributed by atoms with Crippen molar-refractivity contribution >= 4 is 0 Å². The van der Waals surface area contributed by atoms with E-state index in [1.807, 2.05) is 0 Å². The number of rotatable bonds is 6. The lowest BCUT2D eigenvalue weighted by atomic mass is 9.71. The second kappa shape index (κ2) is 7.26. The van der Waals surface area contributed by atoms with Crippen molar-refractivity contribution in [2.75, 3.05) is 13.6 Å². The molecule has 1 aromatic heterocycles. The summed E-state index contributed by atoms with van der Waals surface area (Å²) in [5.74, 6) is 2.59. The Labute approximate surface area is 124 Å². The minimum absolute atomic E-state index is 0.821. The van der Waals surface area contributed by atoms with E-state index in [0.717, 1.165) is 24.2 Å². The Morgan fingerprint density at radius 1 is 1.30 bits per heavy atom. The summed E-state index contributed by atoms with van der Waals surface area (Å²) >= 11 is 0. The fourth-order valence-corrected chi connectivity index (χ4v) is 3.78. The van der Waals surface area contributed by atoms with Gasteiger partial charge in [-0.3, -0.25) is 4.68 Å². The molecular formula is C17H31N3. The van der Waals surface area contributed by atoms with E-state index in [9.17, 15) is 0 Å². The maximum atomic E-state index is 4.61. The zero-order valence-electron chi connectivity index (χ0n) is 13.7. The van der Waals surface area contributed by atoms with Gasteiger partial charge in [-0.1, -0.05) is 26.7 Å². The van der Waals surface area contributed by atoms with Gasteiger partial charge in [0.15, 0.2) is 0 Å². The Balaban J connectivity index is 2.07. The van der Waals surface area contributed by atoms with Crippen molar-refractivity contribution in [3.8, 4) is 0 Å². The van der Waals surface area contributed by atoms with Crippen LogP contribution in [0.5, 0.6) is 0 Å². The molecule has 3 nitrogen and oxygen atoms in total. The first-order valence-corrected chi connectivity index (χ1v) is 8.34. The minimum atomic E-state index is 0.821. The van der Waals surface area contributed by atoms with Crippen LogP contribution < -0.4 is 5.32 Å². The Hall–Kier alpha value is -0.830. The fraction of sp³-hybridized carbons (Fsp3) is 0.824. The molecule has 1 aliphatic rings. The first-order chi connectivity index (χ1) is 9.67. The van der Waals surface area contributed by atoms with Crippen LogP contribution in [0, 0.1) is 17.8 Å². The summed E-state index contributed by atoms with van der Waals surface area (Å²) < 4.78 is 2.10. The Bertz CT molecular complexity index is 410. The van der Waals surface area contributed by atoms with Gasteiger partial charge in [0.1, 0.15) is 0 Å². The molecule has 0 aliphatic heterocycles. The number of hydrogen-bond acceptors (Lipinski definition) is 2. The van der Waals surface area contributed by atoms with E-state index in [2.05, 4.69) is 49.1 Å². The van der Waals surface area contributed by atoms with Gasteiger partial charge in [0, 0.05) is 12.7 Å². The number of hydrogen-bond donors (Lipinski definition) is 1. The van der Waals surface area contributed by atoms with Crippen molar-refractivity contribution in [1.82, 2.24) is 15.1 Å². The lowest BCUT2D eigenvalue weighted by Crippen LogP contribution is -2.33. The van der Waals surface area contributed by atoms with Gasteiger partial charge in [0.2, 0.25) is 0 Å². The molecule has 0 bridgehead atoms. The molecule has 1 aromatic rings. The van der Waals surface area contributed by atoms with Crippen molar-refractivity contribution in [2.45, 2.75) is 52.4 Å². The zero-order chi connectivity index (χ0) is 14.5. The highest BCUT2D eigenvalue weighted by molar-refractivity contribution is 5.11. The first-order valence-electron chi connectivity index (χ1n) is 8.34. The van der Waals surface area contributed by atoms with E-state index in [1.54, 1.807) is 0 Å². The fourth-order valence-electron chi connectivity index (χ4n) is 3.78. The first kappa shape index (κ1) is 15.6. The zero-order valence-corrected chi connectivity index (χ0v) is 13.7. The molecule has 1 aliphatic carbocycles. The van der Waals surface area contributed by atoms with E-state index < -0.39 is 0 Å². The molecule has 0 spiro atoms. The average Bonchev–Trinajstić information content (AvgIpc) is 2.81. The van der Waals surface area contributed by atoms with E-state index in [4.69, 9.17) is 0 Å². The second-order valence-corrected chi connectivity index (χ2v) is 6.47. The molecule has 20 heavy (non-hydrogen) atoms. The van der Waals surface area contributed by atoms with Crippen LogP contribution >= 0.6 is 0 Å². The maximum Gasteiger partial charge on any atom is 0.0624 e. The SMILES string of the molecule is CCc1cc(CC2CC(CC)CCC2CNC)n(C)n1. The quantitative estimate of drug-likeness (QED) is 0.865. The predicted molar refractivity (Wildman–Crippen MR) is 84.8 cm³/mol. The van der Waals surface area contributed by atoms with Crippen molar-refractivity contribution in [3.05, 3.63) is 17.5 Å². The lowest BCUT2D eigenvalue weighted by molar-refractivity contribution is 0.171. The molecule has 0 saturated heterocycles. The Morgan fingerprint density at radius 2 is 2.10 bits per heavy atom. The number of aryl methyl sites for hydroxylation is 2. The standard InChI is InChI=1S/C17H31N3/c1-5-13-7-8-14(12-18-3)15(9-13)10-17-11-16(6-2)19-20(17)4/h11,13-15,18H,5-10,12H2,1-4H3. The number of aromatic nitrogens is 2. The monoisotopic (exact) mass is 277 g/mol. The van der Waals surface area contributed by atoms with Gasteiger partial charge >= 0.3 is 0 Å². The van der Waals surface area contributed by atoms with Gasteiger partial charge in [0.05, 0.1) is 5.69 Å². The van der Waals surface area contributed by atoms with Crippen molar-refractivity contribution < 1.29 is 0 Å². The molecule has 3 unspecified atom stereocenters. The summed E-state index contributed by atoms with van der Waals surface area (Å²) in [6, 6.07) is 2.31. The van der Waals surface area contributed by atoms with Gasteiger partial charge in [-0.15, -0.1) is 0 Å². The summed E-state index contributed by atoms with van der Waals surface area (Å²) in [5, 5.41) is 8.00. The Kier molecular flexibility index (Phi) is 5.64. The summed E-state index contributed by atoms with van der Waals surface area (Å²) in [6.45, 7) is 5.70. The third-order valence-corrected chi connectivity index (χ3v) is 5.15. The van der Waals surface area contributed by atoms with Gasteiger partial charge in [-0.25, -0.2) is 0 Å². The number of nitrogens with zero attached hydrogens (tertiary/aromatic N) is 2. The molecule has 114 valence electrons. The van der Waals surface area contributed by atoms with Gasteiger partial charge < -0.3 is 5.32 Å². The summed E-state index contributed by atoms with van der Waals surface area (Å²) in [6.07, 6.45) is 7.79. The molecule has 1 heterocycles. The normalized spacial score (nSPS) is 26.9. The third-order valence-electron chi connectivity index (χ3n) is 5.15. The molecule has 2 rings (SSSR count). The Morgan fingerprint density at radius 3 is 2.70 bits per heavy atom. The highest BCUT2D eigenvalue weighted by Gasteiger charge is 2.30. The van der Waals surface area contributed by atoms with Crippen molar-refractivity contribution in [1.29, 1.82) is 0 Å². The van der Waals surface area contributed by atoms with Crippen molar-refractivity contribution in [3.63, 3.8) is 0 Å². The highest BCUT2D eigenvalue weighted by atomic mass is 15.3. The average molecular weight is 277 g/mol. The van der Waals surface area contributed by atoms with Crippen LogP contribution in [0.2, 0.25) is 0 Å². The van der Waals surface area contributed by atoms with Gasteiger partial charge in [0.25, 0.3) is 0 Å². The molecule has 3 atom stereocenters. The molecule has 0 radical (unpaired) electrons. The van der Waals surface area contributed by atoms with Crippen LogP contribution in [-0.2, 0) is 19.9 Å². The van der Waals surface area contributed by atoms with Crippen LogP contribution in [0.3, 0.4) is 0 Å². The van der Waals surface area contributed by atoms with Crippen LogP contribution in [0.25, 0.3) is 0 Å². The lowest BCUT2D eigenvalue weighted by Gasteiger charge is -2.36. The van der Waals surface area contributed by atoms with Crippen LogP contribution in [0.15, 0.2) is 6.07 Å². The highest BCUT2D eigenvalue weighted by Crippen LogP contribution is 2.37. The summed E-state index contributed by atoms with van der Waals surface area (Å²) in [7, 11) is 4.18. The third kappa shape index (κ3) is 3.63. The molecule has 1 N–H and O–H groups in total. The van der Waals surface area contributed by atoms with Crippen LogP contribution in [0.1, 0.15) is 50.9 Å². The van der Waals surface area contributed by atoms with Crippen LogP contribution in [-0.4, -0.2) is 23.4 Å². The van der Waals surface area contributed by atoms with Crippen LogP contribution in [0.4, 0.5) is 0 Å². The molecule has 1 fully saturated rings. The van der Waals surface area contributed by atoms with Gasteiger partial charge in [-0.05, 0) is 63.1 Å². The minimum Gasteiger partial charge on any atom is -0.319 e. The van der Waals surface area contributed by atoms with Crippen molar-refractivity contribution in [2.24, 2.45) is 24.8 Å².